The second-order valence-electron chi connectivity index (χ2n) is 8.13. The number of rotatable bonds is 8. The molecule has 0 aliphatic heterocycles. The first-order valence-electron chi connectivity index (χ1n) is 10.7. The van der Waals surface area contributed by atoms with Crippen molar-refractivity contribution in [2.24, 2.45) is 0 Å². The molecule has 0 saturated heterocycles. The van der Waals surface area contributed by atoms with Crippen molar-refractivity contribution in [2.75, 3.05) is 11.1 Å². The van der Waals surface area contributed by atoms with Crippen LogP contribution in [0.3, 0.4) is 0 Å². The number of benzene rings is 2. The molecular formula is C24H25N3O2S. The SMILES string of the molecule is O=C(O)CCCSc1nc2c(c(Nc3ccc(C4CC4)c4ccccc34)n1)CCC2. The van der Waals surface area contributed by atoms with Gasteiger partial charge in [-0.1, -0.05) is 42.1 Å². The predicted molar refractivity (Wildman–Crippen MR) is 121 cm³/mol. The largest absolute Gasteiger partial charge is 0.481 e. The van der Waals surface area contributed by atoms with E-state index in [1.165, 1.54) is 34.7 Å². The Balaban J connectivity index is 1.44. The Morgan fingerprint density at radius 2 is 1.93 bits per heavy atom. The molecule has 2 aromatic carbocycles. The van der Waals surface area contributed by atoms with Crippen LogP contribution in [0.4, 0.5) is 11.5 Å². The first-order chi connectivity index (χ1) is 14.7. The van der Waals surface area contributed by atoms with Crippen molar-refractivity contribution in [3.05, 3.63) is 53.2 Å². The van der Waals surface area contributed by atoms with E-state index in [0.717, 1.165) is 41.6 Å². The highest BCUT2D eigenvalue weighted by atomic mass is 32.2. The first-order valence-corrected chi connectivity index (χ1v) is 11.7. The monoisotopic (exact) mass is 419 g/mol. The van der Waals surface area contributed by atoms with Gasteiger partial charge in [0.1, 0.15) is 5.82 Å². The molecule has 1 aromatic heterocycles. The van der Waals surface area contributed by atoms with Gasteiger partial charge in [-0.05, 0) is 61.5 Å². The van der Waals surface area contributed by atoms with E-state index in [0.29, 0.717) is 18.1 Å². The molecule has 0 spiro atoms. The van der Waals surface area contributed by atoms with Gasteiger partial charge in [0.05, 0.1) is 5.69 Å². The zero-order chi connectivity index (χ0) is 20.5. The maximum atomic E-state index is 10.7. The van der Waals surface area contributed by atoms with Crippen LogP contribution in [0.2, 0.25) is 0 Å². The molecule has 2 aliphatic rings. The first kappa shape index (κ1) is 19.4. The summed E-state index contributed by atoms with van der Waals surface area (Å²) in [6.45, 7) is 0. The predicted octanol–water partition coefficient (Wildman–Crippen LogP) is 5.70. The van der Waals surface area contributed by atoms with Gasteiger partial charge >= 0.3 is 5.97 Å². The zero-order valence-electron chi connectivity index (χ0n) is 16.9. The topological polar surface area (TPSA) is 75.1 Å². The second kappa shape index (κ2) is 8.26. The summed E-state index contributed by atoms with van der Waals surface area (Å²) in [5.41, 5.74) is 4.90. The fourth-order valence-corrected chi connectivity index (χ4v) is 5.08. The molecular weight excluding hydrogens is 394 g/mol. The molecule has 0 unspecified atom stereocenters. The number of hydrogen-bond donors (Lipinski definition) is 2. The van der Waals surface area contributed by atoms with Crippen LogP contribution in [0, 0.1) is 0 Å². The molecule has 6 heteroatoms. The summed E-state index contributed by atoms with van der Waals surface area (Å²) in [7, 11) is 0. The van der Waals surface area contributed by atoms with E-state index < -0.39 is 5.97 Å². The van der Waals surface area contributed by atoms with Crippen LogP contribution in [-0.4, -0.2) is 26.8 Å². The summed E-state index contributed by atoms with van der Waals surface area (Å²) >= 11 is 1.55. The molecule has 0 radical (unpaired) electrons. The normalized spacial score (nSPS) is 15.3. The number of carbonyl (C=O) groups is 1. The molecule has 0 atom stereocenters. The Morgan fingerprint density at radius 3 is 2.73 bits per heavy atom. The molecule has 1 saturated carbocycles. The van der Waals surface area contributed by atoms with Crippen LogP contribution in [0.25, 0.3) is 10.8 Å². The summed E-state index contributed by atoms with van der Waals surface area (Å²) < 4.78 is 0. The maximum Gasteiger partial charge on any atom is 0.303 e. The quantitative estimate of drug-likeness (QED) is 0.277. The second-order valence-corrected chi connectivity index (χ2v) is 9.19. The zero-order valence-corrected chi connectivity index (χ0v) is 17.7. The molecule has 2 N–H and O–H groups in total. The number of thioether (sulfide) groups is 1. The Morgan fingerprint density at radius 1 is 1.10 bits per heavy atom. The molecule has 154 valence electrons. The fraction of sp³-hybridized carbons (Fsp3) is 0.375. The molecule has 2 aliphatic carbocycles. The van der Waals surface area contributed by atoms with Crippen molar-refractivity contribution in [1.82, 2.24) is 9.97 Å². The lowest BCUT2D eigenvalue weighted by atomic mass is 9.99. The lowest BCUT2D eigenvalue weighted by Gasteiger charge is -2.15. The van der Waals surface area contributed by atoms with E-state index >= 15 is 0 Å². The highest BCUT2D eigenvalue weighted by molar-refractivity contribution is 7.99. The number of nitrogens with one attached hydrogen (secondary N) is 1. The van der Waals surface area contributed by atoms with Crippen molar-refractivity contribution in [3.8, 4) is 0 Å². The highest BCUT2D eigenvalue weighted by Gasteiger charge is 2.26. The van der Waals surface area contributed by atoms with E-state index in [4.69, 9.17) is 15.1 Å². The van der Waals surface area contributed by atoms with Gasteiger partial charge in [-0.15, -0.1) is 0 Å². The lowest BCUT2D eigenvalue weighted by molar-refractivity contribution is -0.137. The van der Waals surface area contributed by atoms with E-state index in [2.05, 4.69) is 41.7 Å². The number of carboxylic acids is 1. The Labute approximate surface area is 180 Å². The third kappa shape index (κ3) is 4.01. The van der Waals surface area contributed by atoms with Crippen LogP contribution >= 0.6 is 11.8 Å². The number of aliphatic carboxylic acids is 1. The Bertz CT molecular complexity index is 1110. The Hall–Kier alpha value is -2.60. The standard InChI is InChI=1S/C24H25N3O2S/c28-22(29)9-4-14-30-24-26-20-8-3-7-19(20)23(27-24)25-21-13-12-16(15-10-11-15)17-5-1-2-6-18(17)21/h1-2,5-6,12-13,15H,3-4,7-11,14H2,(H,28,29)(H,25,26,27). The van der Waals surface area contributed by atoms with Crippen molar-refractivity contribution < 1.29 is 9.90 Å². The number of nitrogens with zero attached hydrogens (tertiary/aromatic N) is 2. The average Bonchev–Trinajstić information content (AvgIpc) is 3.48. The summed E-state index contributed by atoms with van der Waals surface area (Å²) in [5.74, 6) is 1.57. The van der Waals surface area contributed by atoms with Gasteiger partial charge in [0.2, 0.25) is 0 Å². The molecule has 0 amide bonds. The Kier molecular flexibility index (Phi) is 5.34. The van der Waals surface area contributed by atoms with E-state index in [-0.39, 0.29) is 6.42 Å². The van der Waals surface area contributed by atoms with Crippen LogP contribution < -0.4 is 5.32 Å². The van der Waals surface area contributed by atoms with Gasteiger partial charge in [-0.3, -0.25) is 4.79 Å². The third-order valence-electron chi connectivity index (χ3n) is 5.91. The van der Waals surface area contributed by atoms with Crippen LogP contribution in [0.15, 0.2) is 41.6 Å². The van der Waals surface area contributed by atoms with E-state index in [9.17, 15) is 4.79 Å². The summed E-state index contributed by atoms with van der Waals surface area (Å²) in [4.78, 5) is 20.3. The third-order valence-corrected chi connectivity index (χ3v) is 6.84. The van der Waals surface area contributed by atoms with E-state index in [1.807, 2.05) is 0 Å². The van der Waals surface area contributed by atoms with Gasteiger partial charge in [-0.25, -0.2) is 9.97 Å². The number of hydrogen-bond acceptors (Lipinski definition) is 5. The molecule has 5 rings (SSSR count). The van der Waals surface area contributed by atoms with Crippen molar-refractivity contribution in [1.29, 1.82) is 0 Å². The molecule has 30 heavy (non-hydrogen) atoms. The fourth-order valence-electron chi connectivity index (χ4n) is 4.27. The molecule has 3 aromatic rings. The van der Waals surface area contributed by atoms with Gasteiger partial charge in [0, 0.05) is 28.8 Å². The van der Waals surface area contributed by atoms with Crippen LogP contribution in [0.1, 0.15) is 54.8 Å². The number of fused-ring (bicyclic) bond motifs is 2. The number of aryl methyl sites for hydroxylation is 1. The average molecular weight is 420 g/mol. The number of carboxylic acid groups (broad SMARTS) is 1. The van der Waals surface area contributed by atoms with Gasteiger partial charge in [0.15, 0.2) is 5.16 Å². The molecule has 5 nitrogen and oxygen atoms in total. The smallest absolute Gasteiger partial charge is 0.303 e. The van der Waals surface area contributed by atoms with Gasteiger partial charge in [0.25, 0.3) is 0 Å². The minimum Gasteiger partial charge on any atom is -0.481 e. The number of aromatic nitrogens is 2. The van der Waals surface area contributed by atoms with Gasteiger partial charge in [-0.2, -0.15) is 0 Å². The van der Waals surface area contributed by atoms with Crippen molar-refractivity contribution in [2.45, 2.75) is 56.0 Å². The molecule has 0 bridgehead atoms. The highest BCUT2D eigenvalue weighted by Crippen LogP contribution is 2.44. The van der Waals surface area contributed by atoms with Crippen LogP contribution in [0.5, 0.6) is 0 Å². The van der Waals surface area contributed by atoms with Gasteiger partial charge < -0.3 is 10.4 Å². The minimum absolute atomic E-state index is 0.183. The van der Waals surface area contributed by atoms with E-state index in [1.54, 1.807) is 11.8 Å². The molecule has 1 fully saturated rings. The molecule has 1 heterocycles. The maximum absolute atomic E-state index is 10.7. The van der Waals surface area contributed by atoms with Crippen molar-refractivity contribution >= 4 is 40.0 Å². The summed E-state index contributed by atoms with van der Waals surface area (Å²) in [5, 5.41) is 15.8. The minimum atomic E-state index is -0.755. The number of anilines is 2. The van der Waals surface area contributed by atoms with Crippen LogP contribution in [-0.2, 0) is 17.6 Å². The summed E-state index contributed by atoms with van der Waals surface area (Å²) in [6, 6.07) is 13.1. The van der Waals surface area contributed by atoms with Crippen molar-refractivity contribution in [3.63, 3.8) is 0 Å². The summed E-state index contributed by atoms with van der Waals surface area (Å²) in [6.07, 6.45) is 6.47. The lowest BCUT2D eigenvalue weighted by Crippen LogP contribution is -2.04.